The summed E-state index contributed by atoms with van der Waals surface area (Å²) in [6.45, 7) is 15.7. The Hall–Kier alpha value is -1.91. The summed E-state index contributed by atoms with van der Waals surface area (Å²) < 4.78 is 72.4. The molecule has 5 aliphatic carbocycles. The van der Waals surface area contributed by atoms with Gasteiger partial charge in [0.25, 0.3) is 0 Å². The van der Waals surface area contributed by atoms with Crippen LogP contribution in [0.4, 0.5) is 0 Å². The average molecular weight is 1350 g/mol. The molecule has 0 aromatic heterocycles. The molecule has 11 rings (SSSR count). The van der Waals surface area contributed by atoms with Crippen LogP contribution in [0.3, 0.4) is 0 Å². The van der Waals surface area contributed by atoms with E-state index in [9.17, 15) is 86.8 Å². The summed E-state index contributed by atoms with van der Waals surface area (Å²) in [4.78, 5) is 15.5. The highest BCUT2D eigenvalue weighted by molar-refractivity contribution is 5.80. The van der Waals surface area contributed by atoms with Crippen LogP contribution in [0.5, 0.6) is 0 Å². The Morgan fingerprint density at radius 3 is 1.61 bits per heavy atom. The molecule has 6 aliphatic heterocycles. The fraction of sp³-hybridized carbons (Fsp3) is 0.953. The number of carbonyl (C=O) groups is 1. The quantitative estimate of drug-likeness (QED) is 0.0447. The summed E-state index contributed by atoms with van der Waals surface area (Å²) in [5, 5.41) is 187. The minimum atomic E-state index is -1.91. The monoisotopic (exact) mass is 1350 g/mol. The summed E-state index contributed by atoms with van der Waals surface area (Å²) in [6, 6.07) is 0. The molecule has 6 saturated heterocycles. The third-order valence-corrected chi connectivity index (χ3v) is 24.8. The maximum absolute atomic E-state index is 15.5. The zero-order valence-electron chi connectivity index (χ0n) is 54.7. The van der Waals surface area contributed by atoms with E-state index in [0.29, 0.717) is 44.9 Å². The molecule has 30 nitrogen and oxygen atoms in total. The topological polar surface area (TPSA) is 472 Å². The molecular weight excluding hydrogens is 1250 g/mol. The predicted molar refractivity (Wildman–Crippen MR) is 315 cm³/mol. The first-order valence-corrected chi connectivity index (χ1v) is 33.5. The number of carbonyl (C=O) groups excluding carboxylic acids is 1. The molecule has 17 N–H and O–H groups in total. The molecule has 37 atom stereocenters. The lowest BCUT2D eigenvalue weighted by atomic mass is 9.33. The third-order valence-electron chi connectivity index (χ3n) is 24.8. The molecule has 540 valence electrons. The molecule has 94 heavy (non-hydrogen) atoms. The van der Waals surface area contributed by atoms with Gasteiger partial charge < -0.3 is 144 Å². The van der Waals surface area contributed by atoms with Crippen LogP contribution in [0.1, 0.15) is 120 Å². The highest BCUT2D eigenvalue weighted by atomic mass is 16.8. The van der Waals surface area contributed by atoms with Crippen molar-refractivity contribution in [2.45, 2.75) is 304 Å². The van der Waals surface area contributed by atoms with Gasteiger partial charge >= 0.3 is 5.97 Å². The maximum Gasteiger partial charge on any atom is 0.317 e. The van der Waals surface area contributed by atoms with Gasteiger partial charge in [0.1, 0.15) is 121 Å². The van der Waals surface area contributed by atoms with Gasteiger partial charge in [-0.25, -0.2) is 0 Å². The molecule has 0 spiro atoms. The highest BCUT2D eigenvalue weighted by Gasteiger charge is 2.72. The van der Waals surface area contributed by atoms with Gasteiger partial charge in [-0.15, -0.1) is 0 Å². The Kier molecular flexibility index (Phi) is 21.2. The number of rotatable bonds is 14. The summed E-state index contributed by atoms with van der Waals surface area (Å²) >= 11 is 0. The van der Waals surface area contributed by atoms with Crippen LogP contribution in [0, 0.1) is 50.2 Å². The summed E-state index contributed by atoms with van der Waals surface area (Å²) in [6.07, 6.45) is -41.0. The second-order valence-corrected chi connectivity index (χ2v) is 31.1. The van der Waals surface area contributed by atoms with Crippen molar-refractivity contribution in [3.63, 3.8) is 0 Å². The van der Waals surface area contributed by atoms with E-state index in [-0.39, 0.29) is 35.5 Å². The summed E-state index contributed by atoms with van der Waals surface area (Å²) in [5.41, 5.74) is -2.97. The van der Waals surface area contributed by atoms with Gasteiger partial charge in [0.2, 0.25) is 6.29 Å². The van der Waals surface area contributed by atoms with E-state index in [1.165, 1.54) is 13.8 Å². The van der Waals surface area contributed by atoms with Crippen molar-refractivity contribution < 1.29 is 148 Å². The number of aliphatic hydroxyl groups excluding tert-OH is 17. The minimum Gasteiger partial charge on any atom is -0.432 e. The van der Waals surface area contributed by atoms with Crippen molar-refractivity contribution in [3.05, 3.63) is 11.6 Å². The number of esters is 1. The van der Waals surface area contributed by atoms with Gasteiger partial charge in [0, 0.05) is 0 Å². The minimum absolute atomic E-state index is 0.0189. The fourth-order valence-corrected chi connectivity index (χ4v) is 18.9. The Morgan fingerprint density at radius 2 is 1.00 bits per heavy atom. The molecule has 0 aromatic rings. The standard InChI is InChI=1S/C64H104O30/c1-24-36(70)41(75)46(80)53(85-24)92-51-43(77)40(74)31(21-66)88-57(51)93-50-42(76)39(73)30(20-65)87-56(50)89-35-13-14-61(7)32(60(35,5)6)12-15-62(8)33(61)11-10-26-27-18-59(3,4)16-17-64(27,34(69)19-63(26,62)9)58(82)94-55-49(38(72)29(68)23-84-55)91-54-47(81)44(78)48(25(2)86-54)90-52-45(79)37(71)28(67)22-83-52/h10,24-25,27-57,65-81H,11-23H2,1-9H3/t24-,25-,27?,28+,29-,30+,31+,32?,33?,34+,35-,36-,37-,38-,39+,40+,41+,42-,43-,44-,45+,46+,47+,48-,49+,50+,51+,52-,53-,54-,55-,56-,57-,61-,62+,63+,64+/m0/s1. The van der Waals surface area contributed by atoms with Crippen LogP contribution in [-0.4, -0.2) is 303 Å². The summed E-state index contributed by atoms with van der Waals surface area (Å²) in [7, 11) is 0. The molecule has 30 heteroatoms. The van der Waals surface area contributed by atoms with E-state index in [1.807, 2.05) is 0 Å². The van der Waals surface area contributed by atoms with Crippen LogP contribution in [0.2, 0.25) is 0 Å². The lowest BCUT2D eigenvalue weighted by Crippen LogP contribution is -2.69. The lowest BCUT2D eigenvalue weighted by molar-refractivity contribution is -0.397. The Morgan fingerprint density at radius 1 is 0.489 bits per heavy atom. The van der Waals surface area contributed by atoms with Crippen molar-refractivity contribution in [1.82, 2.24) is 0 Å². The largest absolute Gasteiger partial charge is 0.432 e. The number of fused-ring (bicyclic) bond motifs is 7. The fourth-order valence-electron chi connectivity index (χ4n) is 18.9. The van der Waals surface area contributed by atoms with Crippen molar-refractivity contribution >= 4 is 5.97 Å². The van der Waals surface area contributed by atoms with Gasteiger partial charge in [0.05, 0.1) is 50.8 Å². The van der Waals surface area contributed by atoms with E-state index in [4.69, 9.17) is 56.8 Å². The zero-order chi connectivity index (χ0) is 68.6. The first-order chi connectivity index (χ1) is 44.0. The molecule has 0 amide bonds. The number of ether oxygens (including phenoxy) is 12. The van der Waals surface area contributed by atoms with Crippen molar-refractivity contribution in [3.8, 4) is 0 Å². The van der Waals surface area contributed by atoms with E-state index >= 15 is 4.79 Å². The zero-order valence-corrected chi connectivity index (χ0v) is 54.7. The molecule has 3 unspecified atom stereocenters. The number of allylic oxidation sites excluding steroid dienone is 2. The number of hydrogen-bond acceptors (Lipinski definition) is 30. The first-order valence-electron chi connectivity index (χ1n) is 33.5. The molecule has 11 aliphatic rings. The van der Waals surface area contributed by atoms with Gasteiger partial charge in [-0.1, -0.05) is 60.1 Å². The van der Waals surface area contributed by atoms with Crippen molar-refractivity contribution in [2.75, 3.05) is 26.4 Å². The smallest absolute Gasteiger partial charge is 0.317 e. The van der Waals surface area contributed by atoms with Gasteiger partial charge in [-0.2, -0.15) is 0 Å². The van der Waals surface area contributed by atoms with Gasteiger partial charge in [0.15, 0.2) is 37.6 Å². The van der Waals surface area contributed by atoms with Crippen molar-refractivity contribution in [1.29, 1.82) is 0 Å². The normalized spacial score (nSPS) is 55.0. The maximum atomic E-state index is 15.5. The molecule has 6 heterocycles. The Labute approximate surface area is 545 Å². The van der Waals surface area contributed by atoms with E-state index in [2.05, 4.69) is 54.5 Å². The summed E-state index contributed by atoms with van der Waals surface area (Å²) in [5.74, 6) is -1.37. The molecule has 0 radical (unpaired) electrons. The Bertz CT molecular complexity index is 2660. The van der Waals surface area contributed by atoms with E-state index in [1.54, 1.807) is 0 Å². The van der Waals surface area contributed by atoms with E-state index < -0.39 is 244 Å². The molecule has 0 bridgehead atoms. The van der Waals surface area contributed by atoms with Crippen LogP contribution in [0.15, 0.2) is 11.6 Å². The molecular formula is C64H104O30. The average Bonchev–Trinajstić information content (AvgIpc) is 0.672. The molecule has 0 aromatic carbocycles. The van der Waals surface area contributed by atoms with Crippen LogP contribution in [0.25, 0.3) is 0 Å². The van der Waals surface area contributed by atoms with Crippen LogP contribution in [-0.2, 0) is 61.6 Å². The number of hydrogen-bond donors (Lipinski definition) is 17. The highest BCUT2D eigenvalue weighted by Crippen LogP contribution is 2.76. The third kappa shape index (κ3) is 12.3. The second kappa shape index (κ2) is 27.1. The molecule has 10 fully saturated rings. The lowest BCUT2D eigenvalue weighted by Gasteiger charge is -2.71. The van der Waals surface area contributed by atoms with Crippen molar-refractivity contribution in [2.24, 2.45) is 50.2 Å². The first kappa shape index (κ1) is 73.3. The van der Waals surface area contributed by atoms with Gasteiger partial charge in [-0.3, -0.25) is 4.79 Å². The molecule has 4 saturated carbocycles. The van der Waals surface area contributed by atoms with E-state index in [0.717, 1.165) is 5.57 Å². The number of aliphatic hydroxyl groups is 17. The predicted octanol–water partition coefficient (Wildman–Crippen LogP) is -4.08. The SMILES string of the molecule is C[C@@H]1O[C@@H](O[C@H]2[C@H](O[C@H]3[C@H](O[C@H]4CC[C@@]5(C)C(CC[C@]6(C)C5CC=C5C7CC(C)(C)CC[C@]7(C(=O)O[C@@H]7OC[C@H](O)[C@H](O)[C@H]7O[C@@H]7O[C@@H](C)[C@H](O[C@@H]8OC[C@@H](O)[C@H](O)[C@H]8O)[C@@H](O)[C@H]7O)[C@H](O)C[C@]56C)C4(C)C)O[C@H](CO)[C@@H](O)[C@@H]3O)O[C@H](CO)[C@@H](O)[C@@H]2O)[C@H](O)[C@H](O)[C@H]1O. The Balaban J connectivity index is 0.818. The van der Waals surface area contributed by atoms with Gasteiger partial charge in [-0.05, 0) is 116 Å². The second-order valence-electron chi connectivity index (χ2n) is 31.1. The van der Waals surface area contributed by atoms with Crippen LogP contribution < -0.4 is 0 Å². The van der Waals surface area contributed by atoms with Crippen LogP contribution >= 0.6 is 0 Å².